The van der Waals surface area contributed by atoms with Crippen molar-refractivity contribution in [1.82, 2.24) is 9.55 Å². The largest absolute Gasteiger partial charge is 0.350 e. The molecule has 0 bridgehead atoms. The van der Waals surface area contributed by atoms with Crippen molar-refractivity contribution in [2.24, 2.45) is 0 Å². The lowest BCUT2D eigenvalue weighted by atomic mass is 10.1. The summed E-state index contributed by atoms with van der Waals surface area (Å²) in [6.45, 7) is -0.147. The first-order chi connectivity index (χ1) is 9.92. The van der Waals surface area contributed by atoms with Crippen LogP contribution in [0.3, 0.4) is 0 Å². The highest BCUT2D eigenvalue weighted by molar-refractivity contribution is 5.34. The molecule has 0 aliphatic heterocycles. The lowest BCUT2D eigenvalue weighted by molar-refractivity contribution is -0.386. The van der Waals surface area contributed by atoms with E-state index in [9.17, 15) is 24.1 Å². The topological polar surface area (TPSA) is 122 Å². The fourth-order valence-corrected chi connectivity index (χ4v) is 1.70. The van der Waals surface area contributed by atoms with Crippen LogP contribution in [0.2, 0.25) is 0 Å². The first kappa shape index (κ1) is 14.1. The molecule has 2 aromatic rings. The number of aromatic nitrogens is 2. The fraction of sp³-hybridized carbons (Fsp3) is 0.0833. The van der Waals surface area contributed by atoms with Crippen molar-refractivity contribution in [3.8, 4) is 6.07 Å². The summed E-state index contributed by atoms with van der Waals surface area (Å²) >= 11 is 0. The van der Waals surface area contributed by atoms with E-state index in [-0.39, 0.29) is 12.1 Å². The van der Waals surface area contributed by atoms with Gasteiger partial charge >= 0.3 is 16.9 Å². The molecule has 0 saturated heterocycles. The first-order valence-electron chi connectivity index (χ1n) is 5.59. The van der Waals surface area contributed by atoms with Crippen LogP contribution in [-0.4, -0.2) is 14.5 Å². The van der Waals surface area contributed by atoms with Gasteiger partial charge in [0, 0.05) is 0 Å². The van der Waals surface area contributed by atoms with Crippen molar-refractivity contribution in [2.45, 2.75) is 6.54 Å². The Morgan fingerprint density at radius 2 is 2.14 bits per heavy atom. The zero-order valence-corrected chi connectivity index (χ0v) is 10.4. The van der Waals surface area contributed by atoms with E-state index in [1.165, 1.54) is 12.1 Å². The molecule has 8 nitrogen and oxygen atoms in total. The van der Waals surface area contributed by atoms with Gasteiger partial charge in [0.25, 0.3) is 0 Å². The third kappa shape index (κ3) is 2.84. The van der Waals surface area contributed by atoms with E-state index >= 15 is 0 Å². The first-order valence-corrected chi connectivity index (χ1v) is 5.59. The fourth-order valence-electron chi connectivity index (χ4n) is 1.70. The number of nitrogens with one attached hydrogen (secondary N) is 1. The molecule has 0 spiro atoms. The minimum absolute atomic E-state index is 0.147. The number of nitro groups is 1. The van der Waals surface area contributed by atoms with Gasteiger partial charge in [0.2, 0.25) is 0 Å². The highest BCUT2D eigenvalue weighted by atomic mass is 19.1. The van der Waals surface area contributed by atoms with Gasteiger partial charge < -0.3 is 0 Å². The summed E-state index contributed by atoms with van der Waals surface area (Å²) < 4.78 is 14.1. The Morgan fingerprint density at radius 3 is 2.76 bits per heavy atom. The Balaban J connectivity index is 2.47. The van der Waals surface area contributed by atoms with E-state index in [0.29, 0.717) is 5.56 Å². The lowest BCUT2D eigenvalue weighted by Gasteiger charge is -2.05. The van der Waals surface area contributed by atoms with Crippen LogP contribution in [0.15, 0.2) is 34.0 Å². The van der Waals surface area contributed by atoms with Gasteiger partial charge in [-0.3, -0.25) is 24.5 Å². The van der Waals surface area contributed by atoms with Crippen molar-refractivity contribution >= 4 is 5.69 Å². The predicted octanol–water partition coefficient (Wildman–Crippen LogP) is 0.504. The molecule has 0 amide bonds. The number of nitrogens with zero attached hydrogens (tertiary/aromatic N) is 3. The summed E-state index contributed by atoms with van der Waals surface area (Å²) in [4.78, 5) is 34.4. The molecule has 0 atom stereocenters. The van der Waals surface area contributed by atoms with E-state index in [1.54, 1.807) is 6.07 Å². The lowest BCUT2D eigenvalue weighted by Crippen LogP contribution is -2.31. The van der Waals surface area contributed by atoms with Gasteiger partial charge in [0.05, 0.1) is 23.2 Å². The second kappa shape index (κ2) is 5.38. The molecule has 21 heavy (non-hydrogen) atoms. The number of nitriles is 1. The summed E-state index contributed by atoms with van der Waals surface area (Å²) in [5.74, 6) is -0.707. The van der Waals surface area contributed by atoms with Crippen LogP contribution in [-0.2, 0) is 6.54 Å². The molecule has 2 rings (SSSR count). The SMILES string of the molecule is N#Cc1cc(Cn2cc([N+](=O)[O-])c(=O)[nH]c2=O)ccc1F. The Hall–Kier alpha value is -3.28. The molecule has 0 fully saturated rings. The van der Waals surface area contributed by atoms with Crippen LogP contribution in [0.25, 0.3) is 0 Å². The van der Waals surface area contributed by atoms with Crippen LogP contribution < -0.4 is 11.2 Å². The van der Waals surface area contributed by atoms with Gasteiger partial charge in [-0.25, -0.2) is 9.18 Å². The maximum atomic E-state index is 13.2. The number of H-pyrrole nitrogens is 1. The summed E-state index contributed by atoms with van der Waals surface area (Å²) in [7, 11) is 0. The van der Waals surface area contributed by atoms with Gasteiger partial charge in [0.15, 0.2) is 0 Å². The highest BCUT2D eigenvalue weighted by Crippen LogP contribution is 2.11. The number of benzene rings is 1. The van der Waals surface area contributed by atoms with Gasteiger partial charge in [-0.1, -0.05) is 6.07 Å². The van der Waals surface area contributed by atoms with Crippen LogP contribution in [0.4, 0.5) is 10.1 Å². The zero-order valence-electron chi connectivity index (χ0n) is 10.4. The van der Waals surface area contributed by atoms with Gasteiger partial charge in [0.1, 0.15) is 11.9 Å². The average molecular weight is 290 g/mol. The number of rotatable bonds is 3. The van der Waals surface area contributed by atoms with Gasteiger partial charge in [-0.05, 0) is 17.7 Å². The smallest absolute Gasteiger partial charge is 0.289 e. The third-order valence-electron chi connectivity index (χ3n) is 2.69. The number of aromatic amines is 1. The van der Waals surface area contributed by atoms with Crippen LogP contribution >= 0.6 is 0 Å². The molecule has 1 N–H and O–H groups in total. The van der Waals surface area contributed by atoms with E-state index in [1.807, 2.05) is 4.98 Å². The zero-order chi connectivity index (χ0) is 15.6. The minimum atomic E-state index is -1.10. The predicted molar refractivity (Wildman–Crippen MR) is 68.2 cm³/mol. The Morgan fingerprint density at radius 1 is 1.43 bits per heavy atom. The Labute approximate surface area is 115 Å². The summed E-state index contributed by atoms with van der Waals surface area (Å²) in [6, 6.07) is 5.25. The van der Waals surface area contributed by atoms with E-state index in [2.05, 4.69) is 0 Å². The maximum Gasteiger partial charge on any atom is 0.350 e. The molecule has 0 saturated carbocycles. The summed E-state index contributed by atoms with van der Waals surface area (Å²) in [5, 5.41) is 19.4. The Bertz CT molecular complexity index is 878. The van der Waals surface area contributed by atoms with E-state index in [0.717, 1.165) is 16.8 Å². The quantitative estimate of drug-likeness (QED) is 0.651. The summed E-state index contributed by atoms with van der Waals surface area (Å²) in [6.07, 6.45) is 0.802. The minimum Gasteiger partial charge on any atom is -0.289 e. The molecular weight excluding hydrogens is 283 g/mol. The van der Waals surface area contributed by atoms with Crippen molar-refractivity contribution in [2.75, 3.05) is 0 Å². The molecule has 1 aromatic carbocycles. The monoisotopic (exact) mass is 290 g/mol. The normalized spacial score (nSPS) is 10.1. The van der Waals surface area contributed by atoms with Crippen LogP contribution in [0.5, 0.6) is 0 Å². The van der Waals surface area contributed by atoms with Crippen molar-refractivity contribution < 1.29 is 9.31 Å². The highest BCUT2D eigenvalue weighted by Gasteiger charge is 2.15. The molecule has 0 aliphatic rings. The second-order valence-corrected chi connectivity index (χ2v) is 4.08. The number of hydrogen-bond acceptors (Lipinski definition) is 5. The van der Waals surface area contributed by atoms with Crippen molar-refractivity contribution in [3.05, 3.63) is 72.3 Å². The molecule has 1 aromatic heterocycles. The molecule has 106 valence electrons. The standard InChI is InChI=1S/C12H7FN4O4/c13-9-2-1-7(3-8(9)4-14)5-16-6-10(17(20)21)11(18)15-12(16)19/h1-3,6H,5H2,(H,15,18,19). The third-order valence-corrected chi connectivity index (χ3v) is 2.69. The molecule has 1 heterocycles. The number of halogens is 1. The maximum absolute atomic E-state index is 13.2. The Kier molecular flexibility index (Phi) is 3.62. The molecule has 0 radical (unpaired) electrons. The average Bonchev–Trinajstić information content (AvgIpc) is 2.43. The van der Waals surface area contributed by atoms with E-state index < -0.39 is 27.7 Å². The van der Waals surface area contributed by atoms with Gasteiger partial charge in [-0.15, -0.1) is 0 Å². The molecular formula is C12H7FN4O4. The molecule has 9 heteroatoms. The van der Waals surface area contributed by atoms with Gasteiger partial charge in [-0.2, -0.15) is 5.26 Å². The second-order valence-electron chi connectivity index (χ2n) is 4.08. The summed E-state index contributed by atoms with van der Waals surface area (Å²) in [5.41, 5.74) is -2.54. The van der Waals surface area contributed by atoms with Crippen molar-refractivity contribution in [1.29, 1.82) is 5.26 Å². The molecule has 0 unspecified atom stereocenters. The number of hydrogen-bond donors (Lipinski definition) is 1. The van der Waals surface area contributed by atoms with Crippen LogP contribution in [0, 0.1) is 27.3 Å². The van der Waals surface area contributed by atoms with Crippen LogP contribution in [0.1, 0.15) is 11.1 Å². The van der Waals surface area contributed by atoms with E-state index in [4.69, 9.17) is 5.26 Å². The molecule has 0 aliphatic carbocycles. The van der Waals surface area contributed by atoms with Crippen molar-refractivity contribution in [3.63, 3.8) is 0 Å².